The van der Waals surface area contributed by atoms with Crippen LogP contribution in [0.2, 0.25) is 0 Å². The van der Waals surface area contributed by atoms with Crippen molar-refractivity contribution >= 4 is 15.9 Å². The Morgan fingerprint density at radius 1 is 0.786 bits per heavy atom. The van der Waals surface area contributed by atoms with Gasteiger partial charge < -0.3 is 9.47 Å². The van der Waals surface area contributed by atoms with Gasteiger partial charge in [0.2, 0.25) is 5.79 Å². The number of rotatable bonds is 2. The Balaban J connectivity index is 1.94. The van der Waals surface area contributed by atoms with Gasteiger partial charge in [-0.3, -0.25) is 0 Å². The molecule has 3 heteroatoms. The minimum atomic E-state index is -0.824. The summed E-state index contributed by atoms with van der Waals surface area (Å²) in [5, 5.41) is 0. The molecule has 28 heavy (non-hydrogen) atoms. The molecule has 1 aliphatic carbocycles. The van der Waals surface area contributed by atoms with Gasteiger partial charge in [0.15, 0.2) is 0 Å². The molecule has 2 aromatic rings. The predicted octanol–water partition coefficient (Wildman–Crippen LogP) is 6.74. The molecule has 0 N–H and O–H groups in total. The first-order chi connectivity index (χ1) is 13.2. The number of hydrogen-bond acceptors (Lipinski definition) is 2. The summed E-state index contributed by atoms with van der Waals surface area (Å²) in [7, 11) is 0. The number of halogens is 1. The van der Waals surface area contributed by atoms with Crippen LogP contribution in [0.15, 0.2) is 40.9 Å². The van der Waals surface area contributed by atoms with Gasteiger partial charge in [-0.1, -0.05) is 61.8 Å². The highest BCUT2D eigenvalue weighted by Crippen LogP contribution is 2.49. The Labute approximate surface area is 177 Å². The second kappa shape index (κ2) is 6.97. The molecule has 2 nitrogen and oxygen atoms in total. The van der Waals surface area contributed by atoms with E-state index in [1.165, 1.54) is 29.5 Å². The molecule has 4 rings (SSSR count). The van der Waals surface area contributed by atoms with Crippen molar-refractivity contribution in [3.8, 4) is 0 Å². The molecule has 0 spiro atoms. The minimum absolute atomic E-state index is 0.156. The molecule has 1 heterocycles. The van der Waals surface area contributed by atoms with E-state index in [0.717, 1.165) is 22.0 Å². The van der Waals surface area contributed by atoms with E-state index in [1.54, 1.807) is 0 Å². The average molecular weight is 443 g/mol. The van der Waals surface area contributed by atoms with E-state index in [-0.39, 0.29) is 10.8 Å². The Morgan fingerprint density at radius 2 is 1.32 bits per heavy atom. The van der Waals surface area contributed by atoms with Crippen molar-refractivity contribution in [2.45, 2.75) is 70.5 Å². The summed E-state index contributed by atoms with van der Waals surface area (Å²) in [5.41, 5.74) is 6.74. The van der Waals surface area contributed by atoms with Crippen molar-refractivity contribution < 1.29 is 9.47 Å². The Kier molecular flexibility index (Phi) is 5.01. The SMILES string of the molecule is Cc1cc2c(cc1C1(c3ccc(Br)cc3)OCCCO1)C(C)(C)CCC2(C)C. The van der Waals surface area contributed by atoms with Crippen LogP contribution in [0.3, 0.4) is 0 Å². The third-order valence-electron chi connectivity index (χ3n) is 6.68. The molecular formula is C25H31BrO2. The van der Waals surface area contributed by atoms with Crippen LogP contribution in [0.4, 0.5) is 0 Å². The van der Waals surface area contributed by atoms with Gasteiger partial charge in [0.05, 0.1) is 13.2 Å². The molecule has 0 radical (unpaired) electrons. The van der Waals surface area contributed by atoms with Crippen molar-refractivity contribution in [1.82, 2.24) is 0 Å². The molecule has 1 fully saturated rings. The average Bonchev–Trinajstić information content (AvgIpc) is 2.66. The fourth-order valence-corrected chi connectivity index (χ4v) is 5.02. The molecule has 2 aromatic carbocycles. The molecule has 0 bridgehead atoms. The second-order valence-corrected chi connectivity index (χ2v) is 10.6. The fraction of sp³-hybridized carbons (Fsp3) is 0.520. The van der Waals surface area contributed by atoms with E-state index in [9.17, 15) is 0 Å². The zero-order valence-electron chi connectivity index (χ0n) is 17.7. The van der Waals surface area contributed by atoms with Crippen LogP contribution in [0, 0.1) is 6.92 Å². The third kappa shape index (κ3) is 3.26. The summed E-state index contributed by atoms with van der Waals surface area (Å²) in [6.45, 7) is 13.1. The highest BCUT2D eigenvalue weighted by molar-refractivity contribution is 9.10. The fourth-order valence-electron chi connectivity index (χ4n) is 4.76. The smallest absolute Gasteiger partial charge is 0.222 e. The van der Waals surface area contributed by atoms with Crippen molar-refractivity contribution in [3.05, 3.63) is 68.7 Å². The maximum absolute atomic E-state index is 6.43. The van der Waals surface area contributed by atoms with Crippen LogP contribution in [0.5, 0.6) is 0 Å². The van der Waals surface area contributed by atoms with E-state index in [1.807, 2.05) is 0 Å². The molecule has 2 aliphatic rings. The number of fused-ring (bicyclic) bond motifs is 1. The van der Waals surface area contributed by atoms with E-state index in [4.69, 9.17) is 9.47 Å². The zero-order chi connectivity index (χ0) is 20.2. The first-order valence-electron chi connectivity index (χ1n) is 10.4. The lowest BCUT2D eigenvalue weighted by Gasteiger charge is -2.44. The highest BCUT2D eigenvalue weighted by atomic mass is 79.9. The van der Waals surface area contributed by atoms with Crippen LogP contribution in [-0.4, -0.2) is 13.2 Å². The minimum Gasteiger partial charge on any atom is -0.342 e. The maximum atomic E-state index is 6.43. The van der Waals surface area contributed by atoms with Gasteiger partial charge in [-0.15, -0.1) is 0 Å². The van der Waals surface area contributed by atoms with Gasteiger partial charge >= 0.3 is 0 Å². The standard InChI is InChI=1S/C25H31BrO2/c1-17-15-21-22(24(4,5)12-11-23(21,2)3)16-20(17)25(27-13-6-14-28-25)18-7-9-19(26)10-8-18/h7-10,15-16H,6,11-14H2,1-5H3. The van der Waals surface area contributed by atoms with Gasteiger partial charge in [0.25, 0.3) is 0 Å². The number of hydrogen-bond donors (Lipinski definition) is 0. The molecule has 0 unspecified atom stereocenters. The maximum Gasteiger partial charge on any atom is 0.222 e. The summed E-state index contributed by atoms with van der Waals surface area (Å²) in [6.07, 6.45) is 3.35. The summed E-state index contributed by atoms with van der Waals surface area (Å²) < 4.78 is 13.9. The van der Waals surface area contributed by atoms with Gasteiger partial charge in [-0.2, -0.15) is 0 Å². The van der Waals surface area contributed by atoms with E-state index in [2.05, 4.69) is 86.9 Å². The van der Waals surface area contributed by atoms with Crippen molar-refractivity contribution in [1.29, 1.82) is 0 Å². The van der Waals surface area contributed by atoms with E-state index < -0.39 is 5.79 Å². The third-order valence-corrected chi connectivity index (χ3v) is 7.20. The van der Waals surface area contributed by atoms with E-state index in [0.29, 0.717) is 13.2 Å². The van der Waals surface area contributed by atoms with Crippen LogP contribution in [-0.2, 0) is 26.1 Å². The lowest BCUT2D eigenvalue weighted by molar-refractivity contribution is -0.249. The van der Waals surface area contributed by atoms with Crippen molar-refractivity contribution in [3.63, 3.8) is 0 Å². The lowest BCUT2D eigenvalue weighted by Crippen LogP contribution is -2.41. The second-order valence-electron chi connectivity index (χ2n) is 9.65. The van der Waals surface area contributed by atoms with Crippen LogP contribution < -0.4 is 0 Å². The molecule has 1 aliphatic heterocycles. The van der Waals surface area contributed by atoms with Gasteiger partial charge in [0, 0.05) is 15.6 Å². The molecule has 0 atom stereocenters. The molecule has 1 saturated heterocycles. The molecule has 0 aromatic heterocycles. The summed E-state index contributed by atoms with van der Waals surface area (Å²) >= 11 is 3.55. The van der Waals surface area contributed by atoms with Crippen LogP contribution >= 0.6 is 15.9 Å². The van der Waals surface area contributed by atoms with Crippen molar-refractivity contribution in [2.75, 3.05) is 13.2 Å². The molecule has 150 valence electrons. The molecule has 0 amide bonds. The van der Waals surface area contributed by atoms with Gasteiger partial charge in [0.1, 0.15) is 0 Å². The summed E-state index contributed by atoms with van der Waals surface area (Å²) in [5.74, 6) is -0.824. The quantitative estimate of drug-likeness (QED) is 0.512. The van der Waals surface area contributed by atoms with Crippen molar-refractivity contribution in [2.24, 2.45) is 0 Å². The Bertz CT molecular complexity index is 874. The summed E-state index contributed by atoms with van der Waals surface area (Å²) in [4.78, 5) is 0. The van der Waals surface area contributed by atoms with Crippen LogP contribution in [0.1, 0.15) is 74.8 Å². The van der Waals surface area contributed by atoms with Gasteiger partial charge in [-0.05, 0) is 71.9 Å². The van der Waals surface area contributed by atoms with Crippen LogP contribution in [0.25, 0.3) is 0 Å². The lowest BCUT2D eigenvalue weighted by atomic mass is 9.62. The molecular weight excluding hydrogens is 412 g/mol. The Morgan fingerprint density at radius 3 is 1.89 bits per heavy atom. The number of benzene rings is 2. The van der Waals surface area contributed by atoms with Gasteiger partial charge in [-0.25, -0.2) is 0 Å². The summed E-state index contributed by atoms with van der Waals surface area (Å²) in [6, 6.07) is 13.2. The normalized spacial score (nSPS) is 22.5. The first-order valence-corrected chi connectivity index (χ1v) is 11.2. The number of aryl methyl sites for hydroxylation is 1. The largest absolute Gasteiger partial charge is 0.342 e. The number of ether oxygens (including phenoxy) is 2. The topological polar surface area (TPSA) is 18.5 Å². The monoisotopic (exact) mass is 442 g/mol. The zero-order valence-corrected chi connectivity index (χ0v) is 19.3. The van der Waals surface area contributed by atoms with E-state index >= 15 is 0 Å². The molecule has 0 saturated carbocycles. The highest BCUT2D eigenvalue weighted by Gasteiger charge is 2.43. The predicted molar refractivity (Wildman–Crippen MR) is 118 cm³/mol. The Hall–Kier alpha value is -1.16. The first kappa shape index (κ1) is 20.1.